The molecule has 6 heteroatoms. The van der Waals surface area contributed by atoms with Gasteiger partial charge in [0.2, 0.25) is 0 Å². The first-order chi connectivity index (χ1) is 16.6. The number of hydrogen-bond acceptors (Lipinski definition) is 5. The predicted molar refractivity (Wildman–Crippen MR) is 134 cm³/mol. The quantitative estimate of drug-likeness (QED) is 0.504. The normalized spacial score (nSPS) is 17.5. The molecular formula is C28H32N4O2. The molecular weight excluding hydrogens is 424 g/mol. The van der Waals surface area contributed by atoms with Crippen molar-refractivity contribution in [3.05, 3.63) is 83.7 Å². The molecule has 1 atom stereocenters. The third kappa shape index (κ3) is 4.43. The van der Waals surface area contributed by atoms with Crippen LogP contribution in [-0.4, -0.2) is 79.0 Å². The zero-order valence-corrected chi connectivity index (χ0v) is 20.0. The van der Waals surface area contributed by atoms with Gasteiger partial charge < -0.3 is 14.5 Å². The Labute approximate surface area is 201 Å². The molecule has 1 saturated heterocycles. The van der Waals surface area contributed by atoms with Gasteiger partial charge in [0, 0.05) is 45.1 Å². The summed E-state index contributed by atoms with van der Waals surface area (Å²) in [6.07, 6.45) is 4.80. The minimum absolute atomic E-state index is 0.0525. The maximum absolute atomic E-state index is 13.4. The molecule has 0 bridgehead atoms. The van der Waals surface area contributed by atoms with Gasteiger partial charge in [-0.05, 0) is 61.0 Å². The third-order valence-corrected chi connectivity index (χ3v) is 6.78. The monoisotopic (exact) mass is 456 g/mol. The molecule has 2 aliphatic rings. The molecule has 0 spiro atoms. The Balaban J connectivity index is 1.27. The van der Waals surface area contributed by atoms with Crippen LogP contribution in [0, 0.1) is 0 Å². The van der Waals surface area contributed by atoms with Crippen LogP contribution >= 0.6 is 0 Å². The zero-order valence-electron chi connectivity index (χ0n) is 20.0. The van der Waals surface area contributed by atoms with E-state index in [-0.39, 0.29) is 11.9 Å². The number of carbonyl (C=O) groups excluding carboxylic acids is 1. The first-order valence-corrected chi connectivity index (χ1v) is 12.1. The highest BCUT2D eigenvalue weighted by Gasteiger charge is 2.35. The lowest BCUT2D eigenvalue weighted by Crippen LogP contribution is -2.49. The van der Waals surface area contributed by atoms with E-state index < -0.39 is 0 Å². The van der Waals surface area contributed by atoms with Crippen molar-refractivity contribution in [1.82, 2.24) is 19.7 Å². The average molecular weight is 457 g/mol. The summed E-state index contributed by atoms with van der Waals surface area (Å²) in [5.41, 5.74) is 5.82. The molecule has 1 aliphatic carbocycles. The van der Waals surface area contributed by atoms with Gasteiger partial charge in [0.1, 0.15) is 5.75 Å². The Morgan fingerprint density at radius 3 is 2.53 bits per heavy atom. The maximum Gasteiger partial charge on any atom is 0.257 e. The summed E-state index contributed by atoms with van der Waals surface area (Å²) in [5.74, 6) is 0.732. The molecule has 1 fully saturated rings. The lowest BCUT2D eigenvalue weighted by atomic mass is 10.0. The third-order valence-electron chi connectivity index (χ3n) is 6.78. The fourth-order valence-electron chi connectivity index (χ4n) is 5.10. The summed E-state index contributed by atoms with van der Waals surface area (Å²) < 4.78 is 5.99. The topological polar surface area (TPSA) is 48.9 Å². The van der Waals surface area contributed by atoms with Crippen LogP contribution in [0.1, 0.15) is 33.9 Å². The van der Waals surface area contributed by atoms with Gasteiger partial charge in [-0.15, -0.1) is 0 Å². The molecule has 6 nitrogen and oxygen atoms in total. The van der Waals surface area contributed by atoms with Crippen LogP contribution in [0.5, 0.6) is 5.75 Å². The van der Waals surface area contributed by atoms with Crippen LogP contribution in [0.2, 0.25) is 0 Å². The van der Waals surface area contributed by atoms with Crippen LogP contribution in [0.15, 0.2) is 67.0 Å². The number of amides is 1. The number of nitrogens with zero attached hydrogens (tertiary/aromatic N) is 4. The second-order valence-electron chi connectivity index (χ2n) is 9.28. The molecule has 0 unspecified atom stereocenters. The molecule has 2 heterocycles. The molecule has 1 aliphatic heterocycles. The fourth-order valence-corrected chi connectivity index (χ4v) is 5.10. The van der Waals surface area contributed by atoms with E-state index in [1.807, 2.05) is 41.6 Å². The van der Waals surface area contributed by atoms with E-state index in [1.54, 1.807) is 0 Å². The number of aromatic nitrogens is 1. The molecule has 3 aromatic rings. The molecule has 1 amide bonds. The highest BCUT2D eigenvalue weighted by molar-refractivity contribution is 5.97. The Kier molecular flexibility index (Phi) is 6.61. The molecule has 2 aromatic carbocycles. The molecule has 5 rings (SSSR count). The van der Waals surface area contributed by atoms with Crippen molar-refractivity contribution < 1.29 is 9.53 Å². The van der Waals surface area contributed by atoms with Gasteiger partial charge in [-0.1, -0.05) is 36.4 Å². The molecule has 0 radical (unpaired) electrons. The number of carbonyl (C=O) groups is 1. The van der Waals surface area contributed by atoms with E-state index in [4.69, 9.17) is 4.74 Å². The number of fused-ring (bicyclic) bond motifs is 3. The van der Waals surface area contributed by atoms with Crippen molar-refractivity contribution in [1.29, 1.82) is 0 Å². The van der Waals surface area contributed by atoms with Gasteiger partial charge in [-0.3, -0.25) is 14.7 Å². The second kappa shape index (κ2) is 9.95. The van der Waals surface area contributed by atoms with Crippen LogP contribution in [0.3, 0.4) is 0 Å². The largest absolute Gasteiger partial charge is 0.493 e. The number of para-hydroxylation sites is 1. The Hall–Kier alpha value is -3.22. The van der Waals surface area contributed by atoms with Crippen molar-refractivity contribution in [2.24, 2.45) is 0 Å². The predicted octanol–water partition coefficient (Wildman–Crippen LogP) is 3.94. The van der Waals surface area contributed by atoms with E-state index in [0.717, 1.165) is 26.1 Å². The summed E-state index contributed by atoms with van der Waals surface area (Å²) in [7, 11) is 4.10. The van der Waals surface area contributed by atoms with Crippen LogP contribution in [0.4, 0.5) is 0 Å². The maximum atomic E-state index is 13.4. The molecule has 34 heavy (non-hydrogen) atoms. The minimum atomic E-state index is 0.0525. The fraction of sp³-hybridized carbons (Fsp3) is 0.357. The zero-order chi connectivity index (χ0) is 23.5. The molecule has 1 aromatic heterocycles. The summed E-state index contributed by atoms with van der Waals surface area (Å²) in [6.45, 7) is 4.60. The van der Waals surface area contributed by atoms with Gasteiger partial charge >= 0.3 is 0 Å². The molecule has 0 saturated carbocycles. The van der Waals surface area contributed by atoms with Gasteiger partial charge in [0.15, 0.2) is 0 Å². The van der Waals surface area contributed by atoms with Crippen molar-refractivity contribution >= 4 is 5.91 Å². The lowest BCUT2D eigenvalue weighted by molar-refractivity contribution is 0.0595. The van der Waals surface area contributed by atoms with Crippen LogP contribution in [0.25, 0.3) is 11.1 Å². The number of hydrogen-bond donors (Lipinski definition) is 0. The van der Waals surface area contributed by atoms with Crippen LogP contribution in [-0.2, 0) is 0 Å². The number of rotatable bonds is 7. The Morgan fingerprint density at radius 2 is 1.71 bits per heavy atom. The van der Waals surface area contributed by atoms with Gasteiger partial charge in [-0.2, -0.15) is 0 Å². The number of ether oxygens (including phenoxy) is 1. The summed E-state index contributed by atoms with van der Waals surface area (Å²) in [5, 5.41) is 0. The van der Waals surface area contributed by atoms with Gasteiger partial charge in [-0.25, -0.2) is 0 Å². The SMILES string of the molecule is CN(C)CCCOc1ccccc1C(=O)N1CCN([C@@H]2c3ccccc3-c3ccncc32)CC1. The first-order valence-electron chi connectivity index (χ1n) is 12.1. The van der Waals surface area contributed by atoms with Crippen molar-refractivity contribution in [3.63, 3.8) is 0 Å². The molecule has 176 valence electrons. The van der Waals surface area contributed by atoms with E-state index >= 15 is 0 Å². The van der Waals surface area contributed by atoms with Crippen molar-refractivity contribution in [3.8, 4) is 16.9 Å². The van der Waals surface area contributed by atoms with Crippen LogP contribution < -0.4 is 4.74 Å². The van der Waals surface area contributed by atoms with E-state index in [9.17, 15) is 4.79 Å². The first kappa shape index (κ1) is 22.6. The van der Waals surface area contributed by atoms with E-state index in [0.29, 0.717) is 31.0 Å². The van der Waals surface area contributed by atoms with Crippen molar-refractivity contribution in [2.45, 2.75) is 12.5 Å². The van der Waals surface area contributed by atoms with Crippen molar-refractivity contribution in [2.75, 3.05) is 53.4 Å². The molecule has 0 N–H and O–H groups in total. The average Bonchev–Trinajstić information content (AvgIpc) is 3.21. The number of piperazine rings is 1. The standard InChI is InChI=1S/C28H32N4O2/c1-30(2)14-7-19-34-26-11-6-5-10-24(26)28(33)32-17-15-31(16-18-32)27-23-9-4-3-8-21(23)22-12-13-29-20-25(22)27/h3-6,8-13,20,27H,7,14-19H2,1-2H3/t27-/m1/s1. The Morgan fingerprint density at radius 1 is 0.971 bits per heavy atom. The van der Waals surface area contributed by atoms with E-state index in [1.165, 1.54) is 22.3 Å². The Bertz CT molecular complexity index is 1110. The smallest absolute Gasteiger partial charge is 0.257 e. The number of pyridine rings is 1. The van der Waals surface area contributed by atoms with E-state index in [2.05, 4.69) is 59.2 Å². The van der Waals surface area contributed by atoms with Gasteiger partial charge in [0.05, 0.1) is 18.2 Å². The van der Waals surface area contributed by atoms with Gasteiger partial charge in [0.25, 0.3) is 5.91 Å². The second-order valence-corrected chi connectivity index (χ2v) is 9.28. The minimum Gasteiger partial charge on any atom is -0.493 e. The highest BCUT2D eigenvalue weighted by Crippen LogP contribution is 2.46. The highest BCUT2D eigenvalue weighted by atomic mass is 16.5. The summed E-state index contributed by atoms with van der Waals surface area (Å²) in [6, 6.07) is 18.6. The lowest BCUT2D eigenvalue weighted by Gasteiger charge is -2.38. The summed E-state index contributed by atoms with van der Waals surface area (Å²) >= 11 is 0. The summed E-state index contributed by atoms with van der Waals surface area (Å²) in [4.78, 5) is 24.4. The number of benzene rings is 2.